The van der Waals surface area contributed by atoms with Crippen LogP contribution in [0.4, 0.5) is 26.5 Å². The van der Waals surface area contributed by atoms with Crippen molar-refractivity contribution in [1.82, 2.24) is 25.1 Å². The molecule has 10 heteroatoms. The summed E-state index contributed by atoms with van der Waals surface area (Å²) in [5.74, 6) is 1.01. The second-order valence-corrected chi connectivity index (χ2v) is 7.98. The summed E-state index contributed by atoms with van der Waals surface area (Å²) in [4.78, 5) is 13.5. The Morgan fingerprint density at radius 2 is 1.94 bits per heavy atom. The molecule has 2 aliphatic rings. The molecular formula is C21H23F2N7O. The fourth-order valence-corrected chi connectivity index (χ4v) is 3.66. The highest BCUT2D eigenvalue weighted by Crippen LogP contribution is 2.39. The van der Waals surface area contributed by atoms with Crippen molar-refractivity contribution in [2.24, 2.45) is 0 Å². The van der Waals surface area contributed by atoms with Gasteiger partial charge in [0.05, 0.1) is 17.8 Å². The van der Waals surface area contributed by atoms with E-state index in [4.69, 9.17) is 4.74 Å². The quantitative estimate of drug-likeness (QED) is 0.510. The molecule has 2 fully saturated rings. The van der Waals surface area contributed by atoms with Crippen molar-refractivity contribution in [2.45, 2.75) is 50.7 Å². The largest absolute Gasteiger partial charge is 0.372 e. The smallest absolute Gasteiger partial charge is 0.233 e. The molecule has 2 atom stereocenters. The van der Waals surface area contributed by atoms with Crippen molar-refractivity contribution in [3.05, 3.63) is 53.0 Å². The van der Waals surface area contributed by atoms with Crippen LogP contribution >= 0.6 is 0 Å². The second-order valence-electron chi connectivity index (χ2n) is 7.98. The van der Waals surface area contributed by atoms with Gasteiger partial charge in [-0.3, -0.25) is 5.10 Å². The SMILES string of the molecule is CC(Nc1nc(Nc2cc(C3CCCO3)[nH]n2)nc(C2CC2)n1)c1ccc(F)cc1F. The minimum Gasteiger partial charge on any atom is -0.372 e. The predicted octanol–water partition coefficient (Wildman–Crippen LogP) is 4.52. The monoisotopic (exact) mass is 427 g/mol. The highest BCUT2D eigenvalue weighted by molar-refractivity contribution is 5.50. The Balaban J connectivity index is 1.36. The number of anilines is 3. The first-order valence-electron chi connectivity index (χ1n) is 10.5. The van der Waals surface area contributed by atoms with Crippen molar-refractivity contribution in [2.75, 3.05) is 17.2 Å². The Labute approximate surface area is 177 Å². The number of H-pyrrole nitrogens is 1. The zero-order valence-corrected chi connectivity index (χ0v) is 17.0. The Morgan fingerprint density at radius 3 is 2.68 bits per heavy atom. The lowest BCUT2D eigenvalue weighted by Crippen LogP contribution is -2.14. The zero-order valence-electron chi connectivity index (χ0n) is 17.0. The van der Waals surface area contributed by atoms with Gasteiger partial charge in [0.2, 0.25) is 11.9 Å². The first-order chi connectivity index (χ1) is 15.0. The van der Waals surface area contributed by atoms with Crippen LogP contribution < -0.4 is 10.6 Å². The van der Waals surface area contributed by atoms with Crippen LogP contribution in [0.2, 0.25) is 0 Å². The zero-order chi connectivity index (χ0) is 21.4. The summed E-state index contributed by atoms with van der Waals surface area (Å²) in [5, 5.41) is 13.5. The predicted molar refractivity (Wildman–Crippen MR) is 110 cm³/mol. The summed E-state index contributed by atoms with van der Waals surface area (Å²) in [6.45, 7) is 2.53. The molecule has 2 aromatic heterocycles. The van der Waals surface area contributed by atoms with Gasteiger partial charge in [0.15, 0.2) is 5.82 Å². The van der Waals surface area contributed by atoms with E-state index in [2.05, 4.69) is 35.8 Å². The van der Waals surface area contributed by atoms with Gasteiger partial charge in [0.1, 0.15) is 17.5 Å². The van der Waals surface area contributed by atoms with E-state index in [-0.39, 0.29) is 6.10 Å². The highest BCUT2D eigenvalue weighted by atomic mass is 19.1. The summed E-state index contributed by atoms with van der Waals surface area (Å²) in [7, 11) is 0. The number of rotatable bonds is 7. The molecule has 0 bridgehead atoms. The second kappa shape index (κ2) is 8.18. The molecule has 3 N–H and O–H groups in total. The molecule has 3 heterocycles. The maximum Gasteiger partial charge on any atom is 0.233 e. The van der Waals surface area contributed by atoms with Gasteiger partial charge in [0.25, 0.3) is 0 Å². The molecule has 8 nitrogen and oxygen atoms in total. The summed E-state index contributed by atoms with van der Waals surface area (Å²) in [6, 6.07) is 4.95. The number of aromatic amines is 1. The molecule has 162 valence electrons. The van der Waals surface area contributed by atoms with Gasteiger partial charge in [-0.05, 0) is 38.7 Å². The fourth-order valence-electron chi connectivity index (χ4n) is 3.66. The fraction of sp³-hybridized carbons (Fsp3) is 0.429. The van der Waals surface area contributed by atoms with Crippen LogP contribution in [0.1, 0.15) is 67.8 Å². The topological polar surface area (TPSA) is 101 Å². The van der Waals surface area contributed by atoms with E-state index in [1.807, 2.05) is 6.07 Å². The number of nitrogens with zero attached hydrogens (tertiary/aromatic N) is 4. The number of hydrogen-bond donors (Lipinski definition) is 3. The van der Waals surface area contributed by atoms with Crippen molar-refractivity contribution < 1.29 is 13.5 Å². The number of benzene rings is 1. The van der Waals surface area contributed by atoms with E-state index in [0.717, 1.165) is 44.1 Å². The number of nitrogens with one attached hydrogen (secondary N) is 3. The molecule has 3 aromatic rings. The van der Waals surface area contributed by atoms with Crippen LogP contribution in [-0.2, 0) is 4.74 Å². The van der Waals surface area contributed by atoms with Crippen molar-refractivity contribution >= 4 is 17.7 Å². The van der Waals surface area contributed by atoms with Crippen LogP contribution in [0.5, 0.6) is 0 Å². The first-order valence-corrected chi connectivity index (χ1v) is 10.5. The maximum atomic E-state index is 14.2. The van der Waals surface area contributed by atoms with Crippen LogP contribution in [-0.4, -0.2) is 31.8 Å². The van der Waals surface area contributed by atoms with Gasteiger partial charge in [-0.25, -0.2) is 8.78 Å². The van der Waals surface area contributed by atoms with E-state index in [1.165, 1.54) is 12.1 Å². The van der Waals surface area contributed by atoms with Crippen LogP contribution in [0.3, 0.4) is 0 Å². The molecule has 1 saturated carbocycles. The molecule has 1 aliphatic carbocycles. The molecule has 2 unspecified atom stereocenters. The first kappa shape index (κ1) is 19.8. The average molecular weight is 427 g/mol. The lowest BCUT2D eigenvalue weighted by molar-refractivity contribution is 0.108. The van der Waals surface area contributed by atoms with Gasteiger partial charge in [-0.2, -0.15) is 20.1 Å². The Morgan fingerprint density at radius 1 is 1.10 bits per heavy atom. The van der Waals surface area contributed by atoms with Gasteiger partial charge in [0, 0.05) is 30.2 Å². The molecule has 1 saturated heterocycles. The van der Waals surface area contributed by atoms with Crippen molar-refractivity contribution in [3.63, 3.8) is 0 Å². The van der Waals surface area contributed by atoms with Crippen LogP contribution in [0.25, 0.3) is 0 Å². The molecule has 0 radical (unpaired) electrons. The lowest BCUT2D eigenvalue weighted by Gasteiger charge is -2.16. The Bertz CT molecular complexity index is 1080. The number of halogens is 2. The summed E-state index contributed by atoms with van der Waals surface area (Å²) in [5.41, 5.74) is 1.24. The molecule has 5 rings (SSSR count). The standard InChI is InChI=1S/C21H23F2N7O/c1-11(14-7-6-13(22)9-15(14)23)24-20-26-19(12-4-5-12)27-21(28-20)25-18-10-16(29-30-18)17-3-2-8-31-17/h6-7,9-12,17H,2-5,8H2,1H3,(H3,24,25,26,27,28,29,30). The van der Waals surface area contributed by atoms with E-state index >= 15 is 0 Å². The van der Waals surface area contributed by atoms with E-state index in [0.29, 0.717) is 35.0 Å². The molecule has 0 spiro atoms. The van der Waals surface area contributed by atoms with Gasteiger partial charge >= 0.3 is 0 Å². The van der Waals surface area contributed by atoms with E-state index in [1.54, 1.807) is 6.92 Å². The molecule has 1 aliphatic heterocycles. The van der Waals surface area contributed by atoms with Gasteiger partial charge < -0.3 is 15.4 Å². The number of ether oxygens (including phenoxy) is 1. The molecule has 1 aromatic carbocycles. The van der Waals surface area contributed by atoms with Crippen LogP contribution in [0.15, 0.2) is 24.3 Å². The third kappa shape index (κ3) is 4.48. The average Bonchev–Trinajstić information content (AvgIpc) is 3.24. The highest BCUT2D eigenvalue weighted by Gasteiger charge is 2.28. The summed E-state index contributed by atoms with van der Waals surface area (Å²) >= 11 is 0. The van der Waals surface area contributed by atoms with Crippen LogP contribution in [0, 0.1) is 11.6 Å². The maximum absolute atomic E-state index is 14.2. The van der Waals surface area contributed by atoms with Crippen molar-refractivity contribution in [1.29, 1.82) is 0 Å². The summed E-state index contributed by atoms with van der Waals surface area (Å²) < 4.78 is 33.1. The van der Waals surface area contributed by atoms with Crippen molar-refractivity contribution in [3.8, 4) is 0 Å². The minimum atomic E-state index is -0.618. The summed E-state index contributed by atoms with van der Waals surface area (Å²) in [6.07, 6.45) is 4.08. The Kier molecular flexibility index (Phi) is 5.23. The van der Waals surface area contributed by atoms with E-state index in [9.17, 15) is 8.78 Å². The van der Waals surface area contributed by atoms with E-state index < -0.39 is 17.7 Å². The lowest BCUT2D eigenvalue weighted by atomic mass is 10.1. The third-order valence-corrected chi connectivity index (χ3v) is 5.48. The molecule has 0 amide bonds. The van der Waals surface area contributed by atoms with Gasteiger partial charge in [-0.15, -0.1) is 0 Å². The normalized spacial score (nSPS) is 19.4. The van der Waals surface area contributed by atoms with Gasteiger partial charge in [-0.1, -0.05) is 6.07 Å². The Hall–Kier alpha value is -3.14. The number of hydrogen-bond acceptors (Lipinski definition) is 7. The molecule has 31 heavy (non-hydrogen) atoms. The molecular weight excluding hydrogens is 404 g/mol. The number of aromatic nitrogens is 5. The minimum absolute atomic E-state index is 0.0344. The third-order valence-electron chi connectivity index (χ3n) is 5.48.